The average Bonchev–Trinajstić information content (AvgIpc) is 2.76. The first-order chi connectivity index (χ1) is 13.4. The molecule has 0 saturated carbocycles. The van der Waals surface area contributed by atoms with Crippen molar-refractivity contribution in [1.29, 1.82) is 0 Å². The maximum absolute atomic E-state index is 6.25. The van der Waals surface area contributed by atoms with E-state index in [-0.39, 0.29) is 5.92 Å². The minimum atomic E-state index is 0.138. The van der Waals surface area contributed by atoms with Crippen molar-refractivity contribution in [2.45, 2.75) is 12.5 Å². The highest BCUT2D eigenvalue weighted by atomic mass is 16.5. The SMILES string of the molecule is c1ccc(COc2ccccc2C(c2ccccc2)c2ccccc2)cc1. The summed E-state index contributed by atoms with van der Waals surface area (Å²) in [6, 6.07) is 39.9. The van der Waals surface area contributed by atoms with Gasteiger partial charge in [0.2, 0.25) is 0 Å². The van der Waals surface area contributed by atoms with Crippen LogP contribution < -0.4 is 4.74 Å². The summed E-state index contributed by atoms with van der Waals surface area (Å²) in [6.45, 7) is 0.564. The van der Waals surface area contributed by atoms with Crippen LogP contribution in [0.5, 0.6) is 5.75 Å². The Balaban J connectivity index is 1.72. The van der Waals surface area contributed by atoms with Crippen molar-refractivity contribution >= 4 is 0 Å². The van der Waals surface area contributed by atoms with Gasteiger partial charge in [0.25, 0.3) is 0 Å². The maximum Gasteiger partial charge on any atom is 0.123 e. The van der Waals surface area contributed by atoms with Crippen LogP contribution in [0.2, 0.25) is 0 Å². The molecular formula is C26H22O. The van der Waals surface area contributed by atoms with Gasteiger partial charge in [-0.1, -0.05) is 109 Å². The summed E-state index contributed by atoms with van der Waals surface area (Å²) in [5.74, 6) is 1.07. The quantitative estimate of drug-likeness (QED) is 0.363. The minimum absolute atomic E-state index is 0.138. The first-order valence-electron chi connectivity index (χ1n) is 9.27. The van der Waals surface area contributed by atoms with Gasteiger partial charge in [-0.2, -0.15) is 0 Å². The molecule has 0 fully saturated rings. The van der Waals surface area contributed by atoms with Crippen molar-refractivity contribution in [1.82, 2.24) is 0 Å². The molecular weight excluding hydrogens is 328 g/mol. The van der Waals surface area contributed by atoms with E-state index in [9.17, 15) is 0 Å². The molecule has 0 radical (unpaired) electrons. The summed E-state index contributed by atoms with van der Waals surface area (Å²) in [4.78, 5) is 0. The summed E-state index contributed by atoms with van der Waals surface area (Å²) in [5.41, 5.74) is 4.88. The molecule has 1 nitrogen and oxygen atoms in total. The predicted molar refractivity (Wildman–Crippen MR) is 111 cm³/mol. The summed E-state index contributed by atoms with van der Waals surface area (Å²) in [6.07, 6.45) is 0. The molecule has 1 heteroatoms. The molecule has 0 bridgehead atoms. The second-order valence-corrected chi connectivity index (χ2v) is 6.57. The smallest absolute Gasteiger partial charge is 0.123 e. The summed E-state index contributed by atoms with van der Waals surface area (Å²) < 4.78 is 6.25. The Morgan fingerprint density at radius 2 is 1.00 bits per heavy atom. The van der Waals surface area contributed by atoms with E-state index < -0.39 is 0 Å². The van der Waals surface area contributed by atoms with Gasteiger partial charge in [0.1, 0.15) is 12.4 Å². The molecule has 0 unspecified atom stereocenters. The third-order valence-corrected chi connectivity index (χ3v) is 4.73. The summed E-state index contributed by atoms with van der Waals surface area (Å²) in [7, 11) is 0. The van der Waals surface area contributed by atoms with E-state index in [1.54, 1.807) is 0 Å². The molecule has 0 saturated heterocycles. The third kappa shape index (κ3) is 4.09. The van der Waals surface area contributed by atoms with Crippen molar-refractivity contribution in [2.24, 2.45) is 0 Å². The molecule has 27 heavy (non-hydrogen) atoms. The van der Waals surface area contributed by atoms with Crippen LogP contribution in [0.1, 0.15) is 28.2 Å². The normalized spacial score (nSPS) is 10.7. The average molecular weight is 350 g/mol. The highest BCUT2D eigenvalue weighted by molar-refractivity contribution is 5.49. The zero-order valence-electron chi connectivity index (χ0n) is 15.2. The van der Waals surface area contributed by atoms with Crippen LogP contribution in [0.25, 0.3) is 0 Å². The largest absolute Gasteiger partial charge is 0.489 e. The van der Waals surface area contributed by atoms with Crippen molar-refractivity contribution in [3.8, 4) is 5.75 Å². The van der Waals surface area contributed by atoms with Gasteiger partial charge in [-0.25, -0.2) is 0 Å². The van der Waals surface area contributed by atoms with E-state index in [2.05, 4.69) is 91.0 Å². The molecule has 4 aromatic rings. The topological polar surface area (TPSA) is 9.23 Å². The van der Waals surface area contributed by atoms with E-state index >= 15 is 0 Å². The van der Waals surface area contributed by atoms with Crippen molar-refractivity contribution in [2.75, 3.05) is 0 Å². The highest BCUT2D eigenvalue weighted by Gasteiger charge is 2.20. The van der Waals surface area contributed by atoms with E-state index in [4.69, 9.17) is 4.74 Å². The second kappa shape index (κ2) is 8.37. The standard InChI is InChI=1S/C26H22O/c1-4-12-21(13-5-1)20-27-25-19-11-10-18-24(25)26(22-14-6-2-7-15-22)23-16-8-3-9-17-23/h1-19,26H,20H2. The predicted octanol–water partition coefficient (Wildman–Crippen LogP) is 6.45. The van der Waals surface area contributed by atoms with Gasteiger partial charge in [0, 0.05) is 11.5 Å². The van der Waals surface area contributed by atoms with Crippen LogP contribution in [0.3, 0.4) is 0 Å². The molecule has 4 rings (SSSR count). The van der Waals surface area contributed by atoms with Crippen LogP contribution in [-0.2, 0) is 6.61 Å². The fraction of sp³-hybridized carbons (Fsp3) is 0.0769. The van der Waals surface area contributed by atoms with Gasteiger partial charge >= 0.3 is 0 Å². The van der Waals surface area contributed by atoms with Crippen LogP contribution in [0, 0.1) is 0 Å². The van der Waals surface area contributed by atoms with Crippen LogP contribution >= 0.6 is 0 Å². The number of para-hydroxylation sites is 1. The van der Waals surface area contributed by atoms with E-state index in [0.717, 1.165) is 5.75 Å². The monoisotopic (exact) mass is 350 g/mol. The third-order valence-electron chi connectivity index (χ3n) is 4.73. The molecule has 0 atom stereocenters. The Kier molecular flexibility index (Phi) is 5.31. The Hall–Kier alpha value is -3.32. The van der Waals surface area contributed by atoms with Crippen molar-refractivity contribution in [3.05, 3.63) is 138 Å². The molecule has 0 aromatic heterocycles. The zero-order valence-corrected chi connectivity index (χ0v) is 15.2. The molecule has 0 amide bonds. The van der Waals surface area contributed by atoms with Gasteiger partial charge in [-0.05, 0) is 22.8 Å². The fourth-order valence-electron chi connectivity index (χ4n) is 3.43. The van der Waals surface area contributed by atoms with Gasteiger partial charge in [0.05, 0.1) is 0 Å². The van der Waals surface area contributed by atoms with Gasteiger partial charge in [0.15, 0.2) is 0 Å². The lowest BCUT2D eigenvalue weighted by atomic mass is 9.85. The number of benzene rings is 4. The minimum Gasteiger partial charge on any atom is -0.489 e. The summed E-state index contributed by atoms with van der Waals surface area (Å²) >= 11 is 0. The van der Waals surface area contributed by atoms with E-state index in [1.165, 1.54) is 22.3 Å². The van der Waals surface area contributed by atoms with E-state index in [0.29, 0.717) is 6.61 Å². The Morgan fingerprint density at radius 1 is 0.519 bits per heavy atom. The Morgan fingerprint density at radius 3 is 1.59 bits per heavy atom. The molecule has 132 valence electrons. The van der Waals surface area contributed by atoms with E-state index in [1.807, 2.05) is 24.3 Å². The first kappa shape index (κ1) is 17.1. The van der Waals surface area contributed by atoms with Crippen LogP contribution in [0.4, 0.5) is 0 Å². The van der Waals surface area contributed by atoms with Crippen molar-refractivity contribution in [3.63, 3.8) is 0 Å². The molecule has 4 aromatic carbocycles. The van der Waals surface area contributed by atoms with Crippen LogP contribution in [0.15, 0.2) is 115 Å². The molecule has 0 aliphatic heterocycles. The number of hydrogen-bond acceptors (Lipinski definition) is 1. The highest BCUT2D eigenvalue weighted by Crippen LogP contribution is 2.37. The van der Waals surface area contributed by atoms with Gasteiger partial charge < -0.3 is 4.74 Å². The number of rotatable bonds is 6. The molecule has 0 aliphatic rings. The lowest BCUT2D eigenvalue weighted by Crippen LogP contribution is -2.06. The molecule has 0 heterocycles. The maximum atomic E-state index is 6.25. The molecule has 0 aliphatic carbocycles. The zero-order chi connectivity index (χ0) is 18.3. The summed E-state index contributed by atoms with van der Waals surface area (Å²) in [5, 5.41) is 0. The lowest BCUT2D eigenvalue weighted by molar-refractivity contribution is 0.302. The molecule has 0 N–H and O–H groups in total. The van der Waals surface area contributed by atoms with Crippen molar-refractivity contribution < 1.29 is 4.74 Å². The number of ether oxygens (including phenoxy) is 1. The second-order valence-electron chi connectivity index (χ2n) is 6.57. The first-order valence-corrected chi connectivity index (χ1v) is 9.27. The van der Waals surface area contributed by atoms with Gasteiger partial charge in [-0.3, -0.25) is 0 Å². The fourth-order valence-corrected chi connectivity index (χ4v) is 3.43. The van der Waals surface area contributed by atoms with Crippen LogP contribution in [-0.4, -0.2) is 0 Å². The van der Waals surface area contributed by atoms with Gasteiger partial charge in [-0.15, -0.1) is 0 Å². The molecule has 0 spiro atoms. The lowest BCUT2D eigenvalue weighted by Gasteiger charge is -2.22. The number of hydrogen-bond donors (Lipinski definition) is 0. The Labute approximate surface area is 160 Å². The Bertz CT molecular complexity index is 923.